The quantitative estimate of drug-likeness (QED) is 0.0370. The van der Waals surface area contributed by atoms with E-state index in [1.807, 2.05) is 0 Å². The highest BCUT2D eigenvalue weighted by atomic mass is 16.5. The van der Waals surface area contributed by atoms with Crippen molar-refractivity contribution in [1.29, 1.82) is 0 Å². The summed E-state index contributed by atoms with van der Waals surface area (Å²) in [6, 6.07) is 0. The molecule has 1 unspecified atom stereocenters. The SMILES string of the molecule is CCCCCCCCCC/C=C\CCCCCCCCCCCC(=O)OC(CCCCCCCCCCC)CCCCCCCC(=O)NCC(=O)O. The molecule has 0 rings (SSSR count). The van der Waals surface area contributed by atoms with Gasteiger partial charge in [-0.05, 0) is 64.2 Å². The number of unbranched alkanes of at least 4 members (excludes halogenated alkanes) is 29. The Labute approximate surface area is 322 Å². The molecule has 1 amide bonds. The number of aliphatic carboxylic acids is 1. The van der Waals surface area contributed by atoms with E-state index in [2.05, 4.69) is 31.3 Å². The predicted octanol–water partition coefficient (Wildman–Crippen LogP) is 14.1. The summed E-state index contributed by atoms with van der Waals surface area (Å²) in [5.74, 6) is -1.22. The van der Waals surface area contributed by atoms with Crippen molar-refractivity contribution in [2.24, 2.45) is 0 Å². The molecule has 0 aliphatic heterocycles. The first-order valence-corrected chi connectivity index (χ1v) is 22.8. The maximum Gasteiger partial charge on any atom is 0.322 e. The summed E-state index contributed by atoms with van der Waals surface area (Å²) in [6.45, 7) is 4.24. The molecule has 0 saturated heterocycles. The van der Waals surface area contributed by atoms with Crippen LogP contribution in [0, 0.1) is 0 Å². The fraction of sp³-hybridized carbons (Fsp3) is 0.891. The van der Waals surface area contributed by atoms with Crippen LogP contribution >= 0.6 is 0 Å². The van der Waals surface area contributed by atoms with Gasteiger partial charge in [-0.1, -0.05) is 187 Å². The van der Waals surface area contributed by atoms with E-state index in [0.717, 1.165) is 64.2 Å². The third-order valence-corrected chi connectivity index (χ3v) is 10.4. The lowest BCUT2D eigenvalue weighted by Gasteiger charge is -2.18. The van der Waals surface area contributed by atoms with Crippen LogP contribution in [0.25, 0.3) is 0 Å². The molecule has 0 heterocycles. The molecule has 0 bridgehead atoms. The third-order valence-electron chi connectivity index (χ3n) is 10.4. The molecule has 0 aromatic heterocycles. The Balaban J connectivity index is 3.97. The first-order chi connectivity index (χ1) is 25.5. The van der Waals surface area contributed by atoms with E-state index >= 15 is 0 Å². The van der Waals surface area contributed by atoms with Crippen molar-refractivity contribution in [1.82, 2.24) is 5.32 Å². The normalized spacial score (nSPS) is 12.0. The summed E-state index contributed by atoms with van der Waals surface area (Å²) in [6.07, 6.45) is 49.2. The molecule has 306 valence electrons. The lowest BCUT2D eigenvalue weighted by atomic mass is 10.0. The number of nitrogens with one attached hydrogen (secondary N) is 1. The molecule has 6 heteroatoms. The lowest BCUT2D eigenvalue weighted by Crippen LogP contribution is -2.28. The van der Waals surface area contributed by atoms with Crippen LogP contribution in [0.15, 0.2) is 12.2 Å². The van der Waals surface area contributed by atoms with Gasteiger partial charge in [0.1, 0.15) is 12.6 Å². The molecule has 1 atom stereocenters. The molecule has 0 radical (unpaired) electrons. The first-order valence-electron chi connectivity index (χ1n) is 22.8. The zero-order valence-corrected chi connectivity index (χ0v) is 34.7. The Hall–Kier alpha value is -1.85. The van der Waals surface area contributed by atoms with Crippen molar-refractivity contribution in [3.63, 3.8) is 0 Å². The van der Waals surface area contributed by atoms with Gasteiger partial charge in [0.15, 0.2) is 0 Å². The van der Waals surface area contributed by atoms with Gasteiger partial charge in [-0.15, -0.1) is 0 Å². The Morgan fingerprint density at radius 2 is 0.827 bits per heavy atom. The van der Waals surface area contributed by atoms with E-state index < -0.39 is 5.97 Å². The zero-order valence-electron chi connectivity index (χ0n) is 34.7. The van der Waals surface area contributed by atoms with Crippen LogP contribution < -0.4 is 5.32 Å². The second kappa shape index (κ2) is 41.9. The Morgan fingerprint density at radius 3 is 1.23 bits per heavy atom. The Bertz CT molecular complexity index is 813. The molecule has 0 aromatic carbocycles. The second-order valence-corrected chi connectivity index (χ2v) is 15.7. The number of carboxylic acids is 1. The van der Waals surface area contributed by atoms with Crippen LogP contribution in [0.5, 0.6) is 0 Å². The van der Waals surface area contributed by atoms with Crippen LogP contribution in [-0.4, -0.2) is 35.6 Å². The molecule has 0 aliphatic carbocycles. The summed E-state index contributed by atoms with van der Waals surface area (Å²) < 4.78 is 6.03. The summed E-state index contributed by atoms with van der Waals surface area (Å²) in [4.78, 5) is 35.0. The topological polar surface area (TPSA) is 92.7 Å². The standard InChI is InChI=1S/C46H87NO5/c1-3-5-7-9-11-13-14-15-16-17-18-19-20-21-22-23-24-26-28-33-37-41-46(51)52-43(38-34-30-27-25-12-10-8-6-4-2)39-35-31-29-32-36-40-44(48)47-42-45(49)50/h17-18,43H,3-16,19-42H2,1-2H3,(H,47,48)(H,49,50)/b18-17-. The van der Waals surface area contributed by atoms with Gasteiger partial charge in [0.05, 0.1) is 0 Å². The number of amides is 1. The van der Waals surface area contributed by atoms with Crippen LogP contribution in [0.4, 0.5) is 0 Å². The minimum Gasteiger partial charge on any atom is -0.480 e. The first kappa shape index (κ1) is 50.1. The maximum atomic E-state index is 12.7. The summed E-state index contributed by atoms with van der Waals surface area (Å²) >= 11 is 0. The summed E-state index contributed by atoms with van der Waals surface area (Å²) in [5, 5.41) is 11.1. The van der Waals surface area contributed by atoms with Crippen molar-refractivity contribution >= 4 is 17.8 Å². The number of esters is 1. The maximum absolute atomic E-state index is 12.7. The average molecular weight is 734 g/mol. The molecule has 2 N–H and O–H groups in total. The van der Waals surface area contributed by atoms with Crippen molar-refractivity contribution in [3.05, 3.63) is 12.2 Å². The number of carbonyl (C=O) groups is 3. The smallest absolute Gasteiger partial charge is 0.322 e. The number of carbonyl (C=O) groups excluding carboxylic acids is 2. The number of allylic oxidation sites excluding steroid dienone is 2. The fourth-order valence-corrected chi connectivity index (χ4v) is 7.04. The molecule has 0 fully saturated rings. The average Bonchev–Trinajstić information content (AvgIpc) is 3.13. The minimum atomic E-state index is -1.01. The number of hydrogen-bond acceptors (Lipinski definition) is 4. The summed E-state index contributed by atoms with van der Waals surface area (Å²) in [5.41, 5.74) is 0. The van der Waals surface area contributed by atoms with Gasteiger partial charge in [-0.2, -0.15) is 0 Å². The largest absolute Gasteiger partial charge is 0.480 e. The van der Waals surface area contributed by atoms with Gasteiger partial charge >= 0.3 is 11.9 Å². The van der Waals surface area contributed by atoms with Crippen molar-refractivity contribution in [2.45, 2.75) is 258 Å². The molecule has 0 saturated carbocycles. The zero-order chi connectivity index (χ0) is 38.0. The van der Waals surface area contributed by atoms with Gasteiger partial charge in [0.25, 0.3) is 0 Å². The van der Waals surface area contributed by atoms with Crippen molar-refractivity contribution in [3.8, 4) is 0 Å². The van der Waals surface area contributed by atoms with Crippen LogP contribution in [-0.2, 0) is 19.1 Å². The monoisotopic (exact) mass is 734 g/mol. The van der Waals surface area contributed by atoms with Crippen LogP contribution in [0.2, 0.25) is 0 Å². The second-order valence-electron chi connectivity index (χ2n) is 15.7. The molecule has 52 heavy (non-hydrogen) atoms. The number of rotatable bonds is 42. The van der Waals surface area contributed by atoms with E-state index in [9.17, 15) is 14.4 Å². The number of carboxylic acid groups (broad SMARTS) is 1. The molecular weight excluding hydrogens is 647 g/mol. The molecular formula is C46H87NO5. The van der Waals surface area contributed by atoms with E-state index in [1.54, 1.807) is 0 Å². The molecule has 0 aliphatic rings. The third kappa shape index (κ3) is 40.9. The summed E-state index contributed by atoms with van der Waals surface area (Å²) in [7, 11) is 0. The highest BCUT2D eigenvalue weighted by Gasteiger charge is 2.14. The number of hydrogen-bond donors (Lipinski definition) is 2. The van der Waals surface area contributed by atoms with Gasteiger partial charge in [-0.3, -0.25) is 14.4 Å². The highest BCUT2D eigenvalue weighted by Crippen LogP contribution is 2.19. The van der Waals surface area contributed by atoms with Crippen molar-refractivity contribution < 1.29 is 24.2 Å². The van der Waals surface area contributed by atoms with E-state index in [1.165, 1.54) is 161 Å². The predicted molar refractivity (Wildman–Crippen MR) is 222 cm³/mol. The highest BCUT2D eigenvalue weighted by molar-refractivity contribution is 5.80. The van der Waals surface area contributed by atoms with Crippen LogP contribution in [0.3, 0.4) is 0 Å². The van der Waals surface area contributed by atoms with E-state index in [-0.39, 0.29) is 24.5 Å². The van der Waals surface area contributed by atoms with Crippen LogP contribution in [0.1, 0.15) is 251 Å². The molecule has 6 nitrogen and oxygen atoms in total. The minimum absolute atomic E-state index is 0.0137. The number of ether oxygens (including phenoxy) is 1. The lowest BCUT2D eigenvalue weighted by molar-refractivity contribution is -0.150. The van der Waals surface area contributed by atoms with E-state index in [4.69, 9.17) is 9.84 Å². The van der Waals surface area contributed by atoms with Gasteiger partial charge < -0.3 is 15.2 Å². The van der Waals surface area contributed by atoms with Gasteiger partial charge in [-0.25, -0.2) is 0 Å². The molecule has 0 spiro atoms. The van der Waals surface area contributed by atoms with Gasteiger partial charge in [0, 0.05) is 12.8 Å². The fourth-order valence-electron chi connectivity index (χ4n) is 7.04. The van der Waals surface area contributed by atoms with Crippen molar-refractivity contribution in [2.75, 3.05) is 6.54 Å². The Kier molecular flexibility index (Phi) is 40.4. The Morgan fingerprint density at radius 1 is 0.481 bits per heavy atom. The van der Waals surface area contributed by atoms with E-state index in [0.29, 0.717) is 12.8 Å². The molecule has 0 aromatic rings. The van der Waals surface area contributed by atoms with Gasteiger partial charge in [0.2, 0.25) is 5.91 Å².